The van der Waals surface area contributed by atoms with Crippen molar-refractivity contribution in [3.63, 3.8) is 0 Å². The molecule has 1 aromatic rings. The molecule has 1 N–H and O–H groups in total. The topological polar surface area (TPSA) is 50.1 Å². The molecule has 0 unspecified atom stereocenters. The Bertz CT molecular complexity index is 263. The fourth-order valence-electron chi connectivity index (χ4n) is 0.835. The van der Waals surface area contributed by atoms with E-state index in [0.29, 0.717) is 0 Å². The summed E-state index contributed by atoms with van der Waals surface area (Å²) in [6.45, 7) is 9.41. The molecule has 1 aromatic heterocycles. The summed E-state index contributed by atoms with van der Waals surface area (Å²) in [5.41, 5.74) is -0.258. The first-order valence-electron chi connectivity index (χ1n) is 4.33. The van der Waals surface area contributed by atoms with Crippen LogP contribution in [0.4, 0.5) is 0 Å². The van der Waals surface area contributed by atoms with Crippen molar-refractivity contribution < 1.29 is 14.5 Å². The lowest BCUT2D eigenvalue weighted by atomic mass is 9.93. The quantitative estimate of drug-likeness (QED) is 0.662. The van der Waals surface area contributed by atoms with E-state index in [1.165, 1.54) is 4.74 Å². The molecule has 4 nitrogen and oxygen atoms in total. The number of rotatable bonds is 1. The zero-order valence-corrected chi connectivity index (χ0v) is 8.83. The van der Waals surface area contributed by atoms with Gasteiger partial charge in [0.05, 0.1) is 0 Å². The second kappa shape index (κ2) is 2.80. The highest BCUT2D eigenvalue weighted by Gasteiger charge is 2.32. The van der Waals surface area contributed by atoms with Gasteiger partial charge in [0.1, 0.15) is 0 Å². The highest BCUT2D eigenvalue weighted by molar-refractivity contribution is 5.02. The van der Waals surface area contributed by atoms with Crippen LogP contribution in [0.1, 0.15) is 40.3 Å². The summed E-state index contributed by atoms with van der Waals surface area (Å²) in [6, 6.07) is 0. The molecule has 0 fully saturated rings. The van der Waals surface area contributed by atoms with E-state index in [-0.39, 0.29) is 5.41 Å². The van der Waals surface area contributed by atoms with Gasteiger partial charge in [-0.25, -0.2) is 0 Å². The third-order valence-electron chi connectivity index (χ3n) is 1.77. The fourth-order valence-corrected chi connectivity index (χ4v) is 0.835. The van der Waals surface area contributed by atoms with Crippen LogP contribution >= 0.6 is 0 Å². The third kappa shape index (κ3) is 2.28. The Morgan fingerprint density at radius 2 is 1.85 bits per heavy atom. The first kappa shape index (κ1) is 10.2. The Labute approximate surface area is 78.1 Å². The van der Waals surface area contributed by atoms with Gasteiger partial charge in [0, 0.05) is 19.3 Å². The van der Waals surface area contributed by atoms with E-state index < -0.39 is 5.72 Å². The molecule has 13 heavy (non-hydrogen) atoms. The molecule has 0 aromatic carbocycles. The lowest BCUT2D eigenvalue weighted by molar-refractivity contribution is -0.944. The van der Waals surface area contributed by atoms with Crippen molar-refractivity contribution in [3.05, 3.63) is 11.9 Å². The van der Waals surface area contributed by atoms with Gasteiger partial charge in [-0.15, -0.1) is 0 Å². The SMILES string of the molecule is CC(C)(C)c1c[n+](C(C)(C)O)on1. The molecule has 0 aliphatic carbocycles. The molecule has 0 amide bonds. The van der Waals surface area contributed by atoms with Gasteiger partial charge in [-0.1, -0.05) is 25.4 Å². The zero-order chi connectivity index (χ0) is 10.3. The van der Waals surface area contributed by atoms with Gasteiger partial charge in [-0.05, 0) is 4.74 Å². The lowest BCUT2D eigenvalue weighted by Crippen LogP contribution is -2.50. The Morgan fingerprint density at radius 1 is 1.31 bits per heavy atom. The summed E-state index contributed by atoms with van der Waals surface area (Å²) in [5, 5.41) is 13.5. The Balaban J connectivity index is 3.01. The van der Waals surface area contributed by atoms with Crippen molar-refractivity contribution in [2.45, 2.75) is 45.8 Å². The maximum absolute atomic E-state index is 9.60. The second-order valence-electron chi connectivity index (χ2n) is 4.76. The average molecular weight is 185 g/mol. The fraction of sp³-hybridized carbons (Fsp3) is 0.778. The van der Waals surface area contributed by atoms with Crippen molar-refractivity contribution >= 4 is 0 Å². The predicted molar refractivity (Wildman–Crippen MR) is 46.9 cm³/mol. The average Bonchev–Trinajstić information content (AvgIpc) is 2.28. The van der Waals surface area contributed by atoms with Crippen LogP contribution in [-0.4, -0.2) is 10.3 Å². The molecule has 0 atom stereocenters. The Hall–Kier alpha value is -0.900. The number of hydrogen-bond acceptors (Lipinski definition) is 3. The monoisotopic (exact) mass is 185 g/mol. The smallest absolute Gasteiger partial charge is 0.248 e. The summed E-state index contributed by atoms with van der Waals surface area (Å²) in [5.74, 6) is 0. The molecule has 0 saturated heterocycles. The molecule has 74 valence electrons. The standard InChI is InChI=1S/C9H17N2O2/c1-8(2,3)7-6-11(13-10-7)9(4,5)12/h6,12H,1-5H3/q+1. The number of aliphatic hydroxyl groups is 1. The largest absolute Gasteiger partial charge is 0.351 e. The zero-order valence-electron chi connectivity index (χ0n) is 8.83. The van der Waals surface area contributed by atoms with Gasteiger partial charge in [-0.2, -0.15) is 0 Å². The van der Waals surface area contributed by atoms with Crippen LogP contribution in [0.3, 0.4) is 0 Å². The third-order valence-corrected chi connectivity index (χ3v) is 1.77. The summed E-state index contributed by atoms with van der Waals surface area (Å²) in [7, 11) is 0. The van der Waals surface area contributed by atoms with Crippen molar-refractivity contribution in [3.8, 4) is 0 Å². The lowest BCUT2D eigenvalue weighted by Gasteiger charge is -2.09. The summed E-state index contributed by atoms with van der Waals surface area (Å²) in [4.78, 5) is 0. The van der Waals surface area contributed by atoms with Crippen molar-refractivity contribution in [1.82, 2.24) is 5.16 Å². The highest BCUT2D eigenvalue weighted by Crippen LogP contribution is 2.18. The van der Waals surface area contributed by atoms with Crippen molar-refractivity contribution in [2.24, 2.45) is 0 Å². The summed E-state index contributed by atoms with van der Waals surface area (Å²) >= 11 is 0. The second-order valence-corrected chi connectivity index (χ2v) is 4.76. The van der Waals surface area contributed by atoms with Gasteiger partial charge in [-0.3, -0.25) is 0 Å². The van der Waals surface area contributed by atoms with Crippen LogP contribution in [0.5, 0.6) is 0 Å². The van der Waals surface area contributed by atoms with E-state index in [2.05, 4.69) is 5.16 Å². The normalized spacial score (nSPS) is 13.4. The molecule has 1 heterocycles. The Morgan fingerprint density at radius 3 is 2.08 bits per heavy atom. The molecule has 0 saturated carbocycles. The molecule has 0 spiro atoms. The molecule has 0 aliphatic heterocycles. The maximum atomic E-state index is 9.60. The van der Waals surface area contributed by atoms with E-state index >= 15 is 0 Å². The minimum atomic E-state index is -1.03. The van der Waals surface area contributed by atoms with Crippen LogP contribution in [0.25, 0.3) is 0 Å². The minimum Gasteiger partial charge on any atom is -0.351 e. The van der Waals surface area contributed by atoms with Gasteiger partial charge in [0.2, 0.25) is 11.4 Å². The van der Waals surface area contributed by atoms with E-state index in [4.69, 9.17) is 4.63 Å². The first-order chi connectivity index (χ1) is 5.71. The number of nitrogens with zero attached hydrogens (tertiary/aromatic N) is 2. The predicted octanol–water partition coefficient (Wildman–Crippen LogP) is 0.944. The van der Waals surface area contributed by atoms with Crippen LogP contribution < -0.4 is 4.74 Å². The van der Waals surface area contributed by atoms with Crippen LogP contribution in [0.2, 0.25) is 0 Å². The van der Waals surface area contributed by atoms with E-state index in [1.54, 1.807) is 20.0 Å². The van der Waals surface area contributed by atoms with Crippen LogP contribution in [-0.2, 0) is 11.1 Å². The van der Waals surface area contributed by atoms with Gasteiger partial charge in [0.15, 0.2) is 11.4 Å². The summed E-state index contributed by atoms with van der Waals surface area (Å²) < 4.78 is 6.31. The molecule has 4 heteroatoms. The van der Waals surface area contributed by atoms with Crippen molar-refractivity contribution in [2.75, 3.05) is 0 Å². The molecule has 1 rings (SSSR count). The maximum Gasteiger partial charge on any atom is 0.248 e. The Kier molecular flexibility index (Phi) is 2.20. The molecule has 0 bridgehead atoms. The molecular formula is C9H17N2O2+. The number of hydrogen-bond donors (Lipinski definition) is 1. The van der Waals surface area contributed by atoms with E-state index in [1.807, 2.05) is 20.8 Å². The van der Waals surface area contributed by atoms with Gasteiger partial charge in [0.25, 0.3) is 0 Å². The highest BCUT2D eigenvalue weighted by atomic mass is 16.6. The minimum absolute atomic E-state index is 0.0556. The molecule has 0 radical (unpaired) electrons. The molecule has 0 aliphatic rings. The van der Waals surface area contributed by atoms with E-state index in [0.717, 1.165) is 5.69 Å². The summed E-state index contributed by atoms with van der Waals surface area (Å²) in [6.07, 6.45) is 1.72. The van der Waals surface area contributed by atoms with E-state index in [9.17, 15) is 5.11 Å². The number of aromatic nitrogens is 2. The van der Waals surface area contributed by atoms with Gasteiger partial charge >= 0.3 is 0 Å². The van der Waals surface area contributed by atoms with Crippen LogP contribution in [0, 0.1) is 0 Å². The van der Waals surface area contributed by atoms with Gasteiger partial charge < -0.3 is 5.11 Å². The molecular weight excluding hydrogens is 168 g/mol. The van der Waals surface area contributed by atoms with Crippen molar-refractivity contribution in [1.29, 1.82) is 0 Å². The first-order valence-corrected chi connectivity index (χ1v) is 4.33. The van der Waals surface area contributed by atoms with Crippen LogP contribution in [0.15, 0.2) is 10.8 Å².